The highest BCUT2D eigenvalue weighted by Gasteiger charge is 2.20. The Morgan fingerprint density at radius 3 is 2.55 bits per heavy atom. The summed E-state index contributed by atoms with van der Waals surface area (Å²) >= 11 is 0. The highest BCUT2D eigenvalue weighted by Crippen LogP contribution is 2.22. The Morgan fingerprint density at radius 2 is 1.83 bits per heavy atom. The molecule has 0 aliphatic rings. The average molecular weight is 385 g/mol. The lowest BCUT2D eigenvalue weighted by Gasteiger charge is -2.22. The molecule has 2 aromatic heterocycles. The summed E-state index contributed by atoms with van der Waals surface area (Å²) in [6.45, 7) is 0.122. The summed E-state index contributed by atoms with van der Waals surface area (Å²) < 4.78 is 5.21. The van der Waals surface area contributed by atoms with Gasteiger partial charge < -0.3 is 14.6 Å². The van der Waals surface area contributed by atoms with Crippen molar-refractivity contribution in [3.8, 4) is 5.75 Å². The van der Waals surface area contributed by atoms with Crippen molar-refractivity contribution in [1.82, 2.24) is 9.97 Å². The Hall–Kier alpha value is -3.93. The predicted octanol–water partition coefficient (Wildman–Crippen LogP) is 3.78. The quantitative estimate of drug-likeness (QED) is 0.567. The second kappa shape index (κ2) is 7.98. The van der Waals surface area contributed by atoms with E-state index in [9.17, 15) is 9.59 Å². The molecule has 0 saturated heterocycles. The Bertz CT molecular complexity index is 1200. The molecule has 4 rings (SSSR count). The first-order valence-electron chi connectivity index (χ1n) is 9.13. The number of amides is 1. The molecule has 0 unspecified atom stereocenters. The van der Waals surface area contributed by atoms with Crippen molar-refractivity contribution >= 4 is 22.5 Å². The standard InChI is InChI=1S/C23H19N3O3/c1-29-19-11-10-16-13-17(22(27)25-21(16)14-19)15-26(18-7-3-2-4-8-18)23(28)20-9-5-6-12-24-20/h2-14H,15H2,1H3,(H,25,27). The van der Waals surface area contributed by atoms with Gasteiger partial charge >= 0.3 is 0 Å². The topological polar surface area (TPSA) is 75.3 Å². The minimum atomic E-state index is -0.272. The van der Waals surface area contributed by atoms with Crippen LogP contribution in [0.5, 0.6) is 5.75 Å². The van der Waals surface area contributed by atoms with Crippen molar-refractivity contribution in [2.45, 2.75) is 6.54 Å². The zero-order chi connectivity index (χ0) is 20.2. The van der Waals surface area contributed by atoms with E-state index >= 15 is 0 Å². The van der Waals surface area contributed by atoms with Gasteiger partial charge in [0.05, 0.1) is 19.2 Å². The number of fused-ring (bicyclic) bond motifs is 1. The number of rotatable bonds is 5. The number of hydrogen-bond donors (Lipinski definition) is 1. The molecule has 0 radical (unpaired) electrons. The molecule has 0 saturated carbocycles. The van der Waals surface area contributed by atoms with Crippen LogP contribution in [0, 0.1) is 0 Å². The number of nitrogens with zero attached hydrogens (tertiary/aromatic N) is 2. The van der Waals surface area contributed by atoms with Crippen LogP contribution < -0.4 is 15.2 Å². The summed E-state index contributed by atoms with van der Waals surface area (Å²) in [5.74, 6) is 0.392. The molecule has 0 aliphatic heterocycles. The van der Waals surface area contributed by atoms with Gasteiger partial charge in [0.1, 0.15) is 11.4 Å². The van der Waals surface area contributed by atoms with Gasteiger partial charge in [-0.1, -0.05) is 24.3 Å². The number of nitrogens with one attached hydrogen (secondary N) is 1. The normalized spacial score (nSPS) is 10.7. The van der Waals surface area contributed by atoms with Crippen molar-refractivity contribution in [2.75, 3.05) is 12.0 Å². The first-order valence-corrected chi connectivity index (χ1v) is 9.13. The largest absolute Gasteiger partial charge is 0.497 e. The van der Waals surface area contributed by atoms with E-state index in [4.69, 9.17) is 4.74 Å². The molecule has 2 heterocycles. The second-order valence-corrected chi connectivity index (χ2v) is 6.52. The van der Waals surface area contributed by atoms with Gasteiger partial charge in [0.2, 0.25) is 0 Å². The van der Waals surface area contributed by atoms with E-state index in [1.165, 1.54) is 0 Å². The molecule has 2 aromatic carbocycles. The molecule has 6 nitrogen and oxygen atoms in total. The number of aromatic amines is 1. The molecular formula is C23H19N3O3. The minimum absolute atomic E-state index is 0.122. The Morgan fingerprint density at radius 1 is 1.03 bits per heavy atom. The molecule has 0 bridgehead atoms. The van der Waals surface area contributed by atoms with Crippen LogP contribution in [-0.2, 0) is 6.54 Å². The van der Waals surface area contributed by atoms with Crippen LogP contribution in [0.2, 0.25) is 0 Å². The fourth-order valence-electron chi connectivity index (χ4n) is 3.16. The van der Waals surface area contributed by atoms with Gasteiger partial charge in [-0.15, -0.1) is 0 Å². The summed E-state index contributed by atoms with van der Waals surface area (Å²) in [6, 6.07) is 21.7. The highest BCUT2D eigenvalue weighted by molar-refractivity contribution is 6.04. The highest BCUT2D eigenvalue weighted by atomic mass is 16.5. The third-order valence-electron chi connectivity index (χ3n) is 4.66. The number of H-pyrrole nitrogens is 1. The smallest absolute Gasteiger partial charge is 0.277 e. The summed E-state index contributed by atoms with van der Waals surface area (Å²) in [7, 11) is 1.58. The van der Waals surface area contributed by atoms with E-state index in [0.29, 0.717) is 28.2 Å². The van der Waals surface area contributed by atoms with Crippen molar-refractivity contribution < 1.29 is 9.53 Å². The van der Waals surface area contributed by atoms with Gasteiger partial charge in [-0.25, -0.2) is 0 Å². The minimum Gasteiger partial charge on any atom is -0.497 e. The molecule has 4 aromatic rings. The number of carbonyl (C=O) groups excluding carboxylic acids is 1. The fraction of sp³-hybridized carbons (Fsp3) is 0.0870. The van der Waals surface area contributed by atoms with Gasteiger partial charge in [-0.3, -0.25) is 14.6 Å². The van der Waals surface area contributed by atoms with Crippen molar-refractivity contribution in [3.63, 3.8) is 0 Å². The number of pyridine rings is 2. The van der Waals surface area contributed by atoms with E-state index in [1.54, 1.807) is 48.5 Å². The van der Waals surface area contributed by atoms with E-state index in [2.05, 4.69) is 9.97 Å². The van der Waals surface area contributed by atoms with Crippen LogP contribution in [0.25, 0.3) is 10.9 Å². The van der Waals surface area contributed by atoms with Crippen molar-refractivity contribution in [1.29, 1.82) is 0 Å². The van der Waals surface area contributed by atoms with Gasteiger partial charge in [-0.2, -0.15) is 0 Å². The van der Waals surface area contributed by atoms with Crippen LogP contribution in [0.3, 0.4) is 0 Å². The third-order valence-corrected chi connectivity index (χ3v) is 4.66. The van der Waals surface area contributed by atoms with Crippen molar-refractivity contribution in [2.24, 2.45) is 0 Å². The maximum Gasteiger partial charge on any atom is 0.277 e. The third kappa shape index (κ3) is 3.87. The van der Waals surface area contributed by atoms with Crippen LogP contribution in [0.4, 0.5) is 5.69 Å². The summed E-state index contributed by atoms with van der Waals surface area (Å²) in [6.07, 6.45) is 1.58. The predicted molar refractivity (Wildman–Crippen MR) is 112 cm³/mol. The van der Waals surface area contributed by atoms with Crippen LogP contribution in [0.1, 0.15) is 16.1 Å². The van der Waals surface area contributed by atoms with Gasteiger partial charge in [-0.05, 0) is 47.9 Å². The van der Waals surface area contributed by atoms with Crippen LogP contribution >= 0.6 is 0 Å². The molecule has 0 spiro atoms. The number of anilines is 1. The molecule has 6 heteroatoms. The van der Waals surface area contributed by atoms with Crippen LogP contribution in [-0.4, -0.2) is 23.0 Å². The van der Waals surface area contributed by atoms with Crippen molar-refractivity contribution in [3.05, 3.63) is 101 Å². The molecule has 0 aliphatic carbocycles. The lowest BCUT2D eigenvalue weighted by atomic mass is 10.1. The monoisotopic (exact) mass is 385 g/mol. The summed E-state index contributed by atoms with van der Waals surface area (Å²) in [4.78, 5) is 34.5. The Labute approximate surface area is 167 Å². The number of methoxy groups -OCH3 is 1. The molecule has 144 valence electrons. The zero-order valence-corrected chi connectivity index (χ0v) is 15.8. The van der Waals surface area contributed by atoms with E-state index < -0.39 is 0 Å². The lowest BCUT2D eigenvalue weighted by Crippen LogP contribution is -2.33. The summed E-state index contributed by atoms with van der Waals surface area (Å²) in [5.41, 5.74) is 1.92. The lowest BCUT2D eigenvalue weighted by molar-refractivity contribution is 0.0980. The molecule has 29 heavy (non-hydrogen) atoms. The molecule has 0 fully saturated rings. The molecule has 1 amide bonds. The first kappa shape index (κ1) is 18.4. The van der Waals surface area contributed by atoms with E-state index in [-0.39, 0.29) is 18.0 Å². The van der Waals surface area contributed by atoms with E-state index in [1.807, 2.05) is 42.5 Å². The van der Waals surface area contributed by atoms with Gasteiger partial charge in [0, 0.05) is 23.5 Å². The van der Waals surface area contributed by atoms with Gasteiger partial charge in [0.15, 0.2) is 0 Å². The molecule has 0 atom stereocenters. The number of carbonyl (C=O) groups is 1. The molecular weight excluding hydrogens is 366 g/mol. The maximum atomic E-state index is 13.1. The zero-order valence-electron chi connectivity index (χ0n) is 15.8. The van der Waals surface area contributed by atoms with E-state index in [0.717, 1.165) is 5.39 Å². The second-order valence-electron chi connectivity index (χ2n) is 6.52. The van der Waals surface area contributed by atoms with Crippen LogP contribution in [0.15, 0.2) is 83.8 Å². The Kier molecular flexibility index (Phi) is 5.07. The number of hydrogen-bond acceptors (Lipinski definition) is 4. The molecule has 1 N–H and O–H groups in total. The number of ether oxygens (including phenoxy) is 1. The fourth-order valence-corrected chi connectivity index (χ4v) is 3.16. The SMILES string of the molecule is COc1ccc2cc(CN(C(=O)c3ccccn3)c3ccccc3)c(=O)[nH]c2c1. The first-order chi connectivity index (χ1) is 14.2. The Balaban J connectivity index is 1.75. The summed E-state index contributed by atoms with van der Waals surface area (Å²) in [5, 5.41) is 0.860. The van der Waals surface area contributed by atoms with Gasteiger partial charge in [0.25, 0.3) is 11.5 Å². The average Bonchev–Trinajstić information content (AvgIpc) is 2.78. The number of benzene rings is 2. The maximum absolute atomic E-state index is 13.1. The number of para-hydroxylation sites is 1. The number of aromatic nitrogens is 2.